The number of carbonyl (C=O) groups is 2. The first-order chi connectivity index (χ1) is 17.3. The van der Waals surface area contributed by atoms with Crippen LogP contribution in [-0.2, 0) is 38.6 Å². The van der Waals surface area contributed by atoms with E-state index in [9.17, 15) is 18.0 Å². The molecule has 1 aromatic rings. The Labute approximate surface area is 212 Å². The van der Waals surface area contributed by atoms with Gasteiger partial charge >= 0.3 is 0 Å². The number of sulfone groups is 1. The van der Waals surface area contributed by atoms with E-state index in [0.717, 1.165) is 12.8 Å². The molecule has 2 fully saturated rings. The van der Waals surface area contributed by atoms with E-state index < -0.39 is 26.8 Å². The van der Waals surface area contributed by atoms with Crippen molar-refractivity contribution in [3.63, 3.8) is 0 Å². The van der Waals surface area contributed by atoms with E-state index in [1.807, 2.05) is 0 Å². The highest BCUT2D eigenvalue weighted by atomic mass is 32.2. The molecule has 2 heterocycles. The van der Waals surface area contributed by atoms with E-state index in [1.54, 1.807) is 19.2 Å². The van der Waals surface area contributed by atoms with Crippen molar-refractivity contribution in [2.24, 2.45) is 0 Å². The normalized spacial score (nSPS) is 19.9. The van der Waals surface area contributed by atoms with Crippen molar-refractivity contribution in [3.8, 4) is 5.75 Å². The summed E-state index contributed by atoms with van der Waals surface area (Å²) < 4.78 is 42.1. The number of amides is 2. The maximum absolute atomic E-state index is 13.7. The third-order valence-electron chi connectivity index (χ3n) is 6.46. The molecule has 0 aromatic heterocycles. The molecule has 1 atom stereocenters. The molecular formula is C24H36N2O9S. The zero-order chi connectivity index (χ0) is 26.0. The van der Waals surface area contributed by atoms with E-state index in [4.69, 9.17) is 23.9 Å². The topological polar surface area (TPSA) is 130 Å². The molecule has 202 valence electrons. The van der Waals surface area contributed by atoms with E-state index >= 15 is 0 Å². The van der Waals surface area contributed by atoms with Crippen LogP contribution in [0.1, 0.15) is 51.4 Å². The fourth-order valence-corrected chi connectivity index (χ4v) is 6.04. The molecule has 0 aliphatic carbocycles. The van der Waals surface area contributed by atoms with Crippen molar-refractivity contribution in [1.82, 2.24) is 10.5 Å². The zero-order valence-corrected chi connectivity index (χ0v) is 21.7. The van der Waals surface area contributed by atoms with E-state index in [2.05, 4.69) is 5.48 Å². The maximum atomic E-state index is 13.7. The second kappa shape index (κ2) is 13.3. The third-order valence-corrected chi connectivity index (χ3v) is 8.98. The minimum Gasteiger partial charge on any atom is -0.494 e. The Bertz CT molecular complexity index is 956. The van der Waals surface area contributed by atoms with E-state index in [1.165, 1.54) is 24.3 Å². The summed E-state index contributed by atoms with van der Waals surface area (Å²) in [7, 11) is -1.08. The third kappa shape index (κ3) is 6.94. The van der Waals surface area contributed by atoms with Gasteiger partial charge in [0.1, 0.15) is 5.75 Å². The van der Waals surface area contributed by atoms with Crippen LogP contribution in [0.4, 0.5) is 0 Å². The number of benzene rings is 1. The number of nitrogens with zero attached hydrogens (tertiary/aromatic N) is 1. The Hall–Kier alpha value is -2.25. The number of unbranched alkanes of at least 4 members (excludes halogenated alkanes) is 1. The molecule has 1 aromatic carbocycles. The average Bonchev–Trinajstić information content (AvgIpc) is 2.92. The number of nitrogens with one attached hydrogen (secondary N) is 1. The van der Waals surface area contributed by atoms with Gasteiger partial charge in [0, 0.05) is 39.7 Å². The summed E-state index contributed by atoms with van der Waals surface area (Å²) in [5.41, 5.74) is 2.35. The molecule has 0 radical (unpaired) electrons. The van der Waals surface area contributed by atoms with Crippen molar-refractivity contribution >= 4 is 21.7 Å². The largest absolute Gasteiger partial charge is 0.494 e. The molecule has 36 heavy (non-hydrogen) atoms. The number of ether oxygens (including phenoxy) is 3. The first-order valence-electron chi connectivity index (χ1n) is 12.2. The number of rotatable bonds is 12. The number of hydrogen-bond acceptors (Lipinski definition) is 9. The van der Waals surface area contributed by atoms with Gasteiger partial charge in [0.05, 0.1) is 18.6 Å². The Morgan fingerprint density at radius 2 is 1.83 bits per heavy atom. The minimum atomic E-state index is -4.06. The van der Waals surface area contributed by atoms with Gasteiger partial charge in [0.2, 0.25) is 5.91 Å². The second-order valence-corrected chi connectivity index (χ2v) is 11.1. The van der Waals surface area contributed by atoms with Crippen LogP contribution >= 0.6 is 0 Å². The molecule has 1 N–H and O–H groups in total. The van der Waals surface area contributed by atoms with Crippen LogP contribution in [0.2, 0.25) is 0 Å². The molecule has 12 heteroatoms. The summed E-state index contributed by atoms with van der Waals surface area (Å²) in [6.07, 6.45) is 3.54. The SMILES string of the molecule is CON(C)C(=O)CCCCOc1ccc(S(=O)(=O)C2(C(=O)NOC3CCCCO3)CCOCC2)cc1. The van der Waals surface area contributed by atoms with Crippen molar-refractivity contribution < 1.29 is 41.9 Å². The first kappa shape index (κ1) is 28.3. The maximum Gasteiger partial charge on any atom is 0.265 e. The summed E-state index contributed by atoms with van der Waals surface area (Å²) in [4.78, 5) is 35.2. The minimum absolute atomic E-state index is 0.0191. The van der Waals surface area contributed by atoms with Crippen LogP contribution in [0.25, 0.3) is 0 Å². The van der Waals surface area contributed by atoms with Gasteiger partial charge in [-0.3, -0.25) is 14.4 Å². The van der Waals surface area contributed by atoms with Gasteiger partial charge in [-0.15, -0.1) is 0 Å². The highest BCUT2D eigenvalue weighted by Gasteiger charge is 2.52. The fourth-order valence-electron chi connectivity index (χ4n) is 4.10. The van der Waals surface area contributed by atoms with Crippen LogP contribution in [-0.4, -0.2) is 76.9 Å². The first-order valence-corrected chi connectivity index (χ1v) is 13.7. The van der Waals surface area contributed by atoms with Gasteiger partial charge < -0.3 is 14.2 Å². The molecule has 3 rings (SSSR count). The van der Waals surface area contributed by atoms with Gasteiger partial charge in [0.25, 0.3) is 5.91 Å². The van der Waals surface area contributed by atoms with Gasteiger partial charge in [0.15, 0.2) is 20.9 Å². The standard InChI is InChI=1S/C24H36N2O9S/c1-26(31-2)21(27)7-3-5-15-33-19-9-11-20(12-10-19)36(29,30)24(13-17-32-18-14-24)23(28)25-35-22-8-4-6-16-34-22/h9-12,22H,3-8,13-18H2,1-2H3,(H,25,28). The second-order valence-electron chi connectivity index (χ2n) is 8.81. The van der Waals surface area contributed by atoms with Crippen molar-refractivity contribution in [2.45, 2.75) is 67.3 Å². The van der Waals surface area contributed by atoms with Gasteiger partial charge in [-0.05, 0) is 62.8 Å². The highest BCUT2D eigenvalue weighted by molar-refractivity contribution is 7.93. The van der Waals surface area contributed by atoms with E-state index in [0.29, 0.717) is 44.6 Å². The molecule has 2 aliphatic rings. The lowest BCUT2D eigenvalue weighted by atomic mass is 9.98. The van der Waals surface area contributed by atoms with Crippen molar-refractivity contribution in [2.75, 3.05) is 40.6 Å². The summed E-state index contributed by atoms with van der Waals surface area (Å²) >= 11 is 0. The van der Waals surface area contributed by atoms with Crippen molar-refractivity contribution in [3.05, 3.63) is 24.3 Å². The molecule has 1 unspecified atom stereocenters. The molecule has 2 amide bonds. The summed E-state index contributed by atoms with van der Waals surface area (Å²) in [5.74, 6) is -0.332. The van der Waals surface area contributed by atoms with Gasteiger partial charge in [-0.2, -0.15) is 0 Å². The average molecular weight is 529 g/mol. The monoisotopic (exact) mass is 528 g/mol. The van der Waals surface area contributed by atoms with Crippen LogP contribution in [0, 0.1) is 0 Å². The summed E-state index contributed by atoms with van der Waals surface area (Å²) in [6.45, 7) is 1.21. The summed E-state index contributed by atoms with van der Waals surface area (Å²) in [6, 6.07) is 6.01. The molecular weight excluding hydrogens is 492 g/mol. The van der Waals surface area contributed by atoms with Gasteiger partial charge in [-0.1, -0.05) is 0 Å². The molecule has 2 saturated heterocycles. The zero-order valence-electron chi connectivity index (χ0n) is 20.9. The quantitative estimate of drug-likeness (QED) is 0.320. The predicted octanol–water partition coefficient (Wildman–Crippen LogP) is 2.15. The Morgan fingerprint density at radius 1 is 1.11 bits per heavy atom. The smallest absolute Gasteiger partial charge is 0.265 e. The van der Waals surface area contributed by atoms with Crippen molar-refractivity contribution in [1.29, 1.82) is 0 Å². The number of hydroxylamine groups is 3. The van der Waals surface area contributed by atoms with Gasteiger partial charge in [-0.25, -0.2) is 23.8 Å². The molecule has 2 aliphatic heterocycles. The Balaban J connectivity index is 1.60. The summed E-state index contributed by atoms with van der Waals surface area (Å²) in [5, 5.41) is 1.18. The molecule has 0 bridgehead atoms. The fraction of sp³-hybridized carbons (Fsp3) is 0.667. The number of hydrogen-bond donors (Lipinski definition) is 1. The lowest BCUT2D eigenvalue weighted by Gasteiger charge is -2.35. The molecule has 11 nitrogen and oxygen atoms in total. The highest BCUT2D eigenvalue weighted by Crippen LogP contribution is 2.36. The Kier molecular flexibility index (Phi) is 10.5. The van der Waals surface area contributed by atoms with Crippen LogP contribution in [0.5, 0.6) is 5.75 Å². The lowest BCUT2D eigenvalue weighted by molar-refractivity contribution is -0.202. The van der Waals surface area contributed by atoms with Crippen LogP contribution < -0.4 is 10.2 Å². The van der Waals surface area contributed by atoms with E-state index in [-0.39, 0.29) is 36.9 Å². The molecule has 0 spiro atoms. The lowest BCUT2D eigenvalue weighted by Crippen LogP contribution is -2.56. The predicted molar refractivity (Wildman–Crippen MR) is 128 cm³/mol. The molecule has 0 saturated carbocycles. The van der Waals surface area contributed by atoms with Crippen LogP contribution in [0.3, 0.4) is 0 Å². The number of carbonyl (C=O) groups excluding carboxylic acids is 2. The Morgan fingerprint density at radius 3 is 2.47 bits per heavy atom. The van der Waals surface area contributed by atoms with Crippen LogP contribution in [0.15, 0.2) is 29.2 Å².